The lowest BCUT2D eigenvalue weighted by Crippen LogP contribution is -2.54. The summed E-state index contributed by atoms with van der Waals surface area (Å²) in [5, 5.41) is 15.1. The molecule has 0 radical (unpaired) electrons. The topological polar surface area (TPSA) is 80.7 Å². The second kappa shape index (κ2) is 9.35. The smallest absolute Gasteiger partial charge is 0.258 e. The van der Waals surface area contributed by atoms with Gasteiger partial charge in [0.2, 0.25) is 5.88 Å². The van der Waals surface area contributed by atoms with E-state index in [0.717, 1.165) is 35.6 Å². The summed E-state index contributed by atoms with van der Waals surface area (Å²) >= 11 is 0. The highest BCUT2D eigenvalue weighted by atomic mass is 19.1. The highest BCUT2D eigenvalue weighted by Crippen LogP contribution is 2.28. The van der Waals surface area contributed by atoms with E-state index in [-0.39, 0.29) is 17.3 Å². The maximum atomic E-state index is 13.4. The van der Waals surface area contributed by atoms with Gasteiger partial charge in [0.25, 0.3) is 5.56 Å². The van der Waals surface area contributed by atoms with Crippen LogP contribution in [0.3, 0.4) is 0 Å². The second-order valence-electron chi connectivity index (χ2n) is 9.13. The number of piperazine rings is 1. The Labute approximate surface area is 202 Å². The van der Waals surface area contributed by atoms with Crippen molar-refractivity contribution in [3.63, 3.8) is 0 Å². The van der Waals surface area contributed by atoms with Crippen LogP contribution in [0.5, 0.6) is 5.88 Å². The normalized spacial score (nSPS) is 18.4. The van der Waals surface area contributed by atoms with Crippen LogP contribution in [0.4, 0.5) is 15.8 Å². The number of H-pyrrole nitrogens is 1. The molecule has 3 N–H and O–H groups in total. The van der Waals surface area contributed by atoms with Gasteiger partial charge in [-0.2, -0.15) is 0 Å². The van der Waals surface area contributed by atoms with Gasteiger partial charge in [0.05, 0.1) is 11.3 Å². The number of hydrogen-bond donors (Lipinski definition) is 3. The van der Waals surface area contributed by atoms with Crippen LogP contribution in [-0.4, -0.2) is 41.5 Å². The SMILES string of the molecule is C[C@@H]1CN(c2ccc(N=Cc3c(O)[nH]c(=O)c4ccc(-c5ccc(F)cc5)cc34)cc2)C[C@H](C)N1. The molecule has 2 heterocycles. The Morgan fingerprint density at radius 2 is 1.60 bits per heavy atom. The van der Waals surface area contributed by atoms with E-state index < -0.39 is 0 Å². The third-order valence-electron chi connectivity index (χ3n) is 6.33. The number of hydrogen-bond acceptors (Lipinski definition) is 5. The molecular weight excluding hydrogens is 443 g/mol. The lowest BCUT2D eigenvalue weighted by atomic mass is 9.99. The summed E-state index contributed by atoms with van der Waals surface area (Å²) in [5.74, 6) is -0.564. The van der Waals surface area contributed by atoms with Crippen LogP contribution in [0.25, 0.3) is 21.9 Å². The average molecular weight is 471 g/mol. The summed E-state index contributed by atoms with van der Waals surface area (Å²) < 4.78 is 13.4. The van der Waals surface area contributed by atoms with Crippen LogP contribution in [0.2, 0.25) is 0 Å². The number of pyridine rings is 1. The minimum atomic E-state index is -0.385. The molecule has 1 aliphatic rings. The van der Waals surface area contributed by atoms with Crippen LogP contribution in [0.1, 0.15) is 19.4 Å². The van der Waals surface area contributed by atoms with E-state index >= 15 is 0 Å². The fraction of sp³-hybridized carbons (Fsp3) is 0.214. The van der Waals surface area contributed by atoms with Gasteiger partial charge in [-0.3, -0.25) is 14.8 Å². The number of nitrogens with one attached hydrogen (secondary N) is 2. The van der Waals surface area contributed by atoms with Crippen molar-refractivity contribution in [3.8, 4) is 17.0 Å². The molecule has 5 rings (SSSR count). The van der Waals surface area contributed by atoms with E-state index in [1.807, 2.05) is 18.2 Å². The van der Waals surface area contributed by atoms with E-state index in [2.05, 4.69) is 46.2 Å². The molecule has 2 atom stereocenters. The number of benzene rings is 3. The van der Waals surface area contributed by atoms with E-state index in [0.29, 0.717) is 28.4 Å². The zero-order valence-corrected chi connectivity index (χ0v) is 19.6. The van der Waals surface area contributed by atoms with Crippen molar-refractivity contribution in [2.24, 2.45) is 4.99 Å². The molecule has 178 valence electrons. The van der Waals surface area contributed by atoms with Crippen molar-refractivity contribution in [2.75, 3.05) is 18.0 Å². The van der Waals surface area contributed by atoms with Crippen molar-refractivity contribution in [2.45, 2.75) is 25.9 Å². The lowest BCUT2D eigenvalue weighted by molar-refractivity contribution is 0.407. The number of fused-ring (bicyclic) bond motifs is 1. The Kier molecular flexibility index (Phi) is 6.09. The maximum Gasteiger partial charge on any atom is 0.258 e. The molecule has 1 saturated heterocycles. The molecule has 3 aromatic carbocycles. The van der Waals surface area contributed by atoms with Gasteiger partial charge < -0.3 is 15.3 Å². The largest absolute Gasteiger partial charge is 0.494 e. The lowest BCUT2D eigenvalue weighted by Gasteiger charge is -2.37. The van der Waals surface area contributed by atoms with Crippen molar-refractivity contribution in [3.05, 3.63) is 88.5 Å². The molecule has 4 aromatic rings. The monoisotopic (exact) mass is 470 g/mol. The molecule has 1 aliphatic heterocycles. The Hall–Kier alpha value is -3.97. The number of halogens is 1. The number of aromatic hydroxyl groups is 1. The first-order valence-electron chi connectivity index (χ1n) is 11.7. The summed E-state index contributed by atoms with van der Waals surface area (Å²) in [6.07, 6.45) is 1.56. The molecule has 35 heavy (non-hydrogen) atoms. The molecule has 0 aliphatic carbocycles. The van der Waals surface area contributed by atoms with Gasteiger partial charge in [-0.1, -0.05) is 18.2 Å². The number of aromatic nitrogens is 1. The maximum absolute atomic E-state index is 13.4. The predicted octanol–water partition coefficient (Wildman–Crippen LogP) is 4.98. The highest BCUT2D eigenvalue weighted by Gasteiger charge is 2.21. The van der Waals surface area contributed by atoms with Gasteiger partial charge in [-0.25, -0.2) is 4.39 Å². The number of rotatable bonds is 4. The van der Waals surface area contributed by atoms with Gasteiger partial charge in [0, 0.05) is 47.8 Å². The Balaban J connectivity index is 1.47. The van der Waals surface area contributed by atoms with Crippen molar-refractivity contribution >= 4 is 28.4 Å². The van der Waals surface area contributed by atoms with Gasteiger partial charge in [-0.05, 0) is 73.5 Å². The van der Waals surface area contributed by atoms with Gasteiger partial charge in [0.15, 0.2) is 0 Å². The fourth-order valence-electron chi connectivity index (χ4n) is 4.71. The number of nitrogens with zero attached hydrogens (tertiary/aromatic N) is 2. The zero-order chi connectivity index (χ0) is 24.5. The molecule has 0 bridgehead atoms. The van der Waals surface area contributed by atoms with Crippen molar-refractivity contribution < 1.29 is 9.50 Å². The summed E-state index contributed by atoms with van der Waals surface area (Å²) in [4.78, 5) is 21.8. The molecule has 0 amide bonds. The first-order valence-corrected chi connectivity index (χ1v) is 11.7. The zero-order valence-electron chi connectivity index (χ0n) is 19.6. The molecule has 1 aromatic heterocycles. The number of anilines is 1. The van der Waals surface area contributed by atoms with E-state index in [4.69, 9.17) is 0 Å². The first-order chi connectivity index (χ1) is 16.9. The fourth-order valence-corrected chi connectivity index (χ4v) is 4.71. The summed E-state index contributed by atoms with van der Waals surface area (Å²) in [6, 6.07) is 20.3. The molecule has 1 fully saturated rings. The Morgan fingerprint density at radius 1 is 0.943 bits per heavy atom. The standard InChI is InChI=1S/C28H27FN4O2/c1-17-15-33(16-18(2)31-17)23-10-8-22(9-11-23)30-14-26-25-13-20(19-3-6-21(29)7-4-19)5-12-24(25)27(34)32-28(26)35/h3-14,17-18,31H,15-16H2,1-2H3,(H2,32,34,35)/t17-,18+. The molecule has 7 heteroatoms. The van der Waals surface area contributed by atoms with Crippen LogP contribution in [0.15, 0.2) is 76.5 Å². The molecule has 0 saturated carbocycles. The van der Waals surface area contributed by atoms with E-state index in [1.54, 1.807) is 30.5 Å². The third-order valence-corrected chi connectivity index (χ3v) is 6.33. The minimum absolute atomic E-state index is 0.247. The van der Waals surface area contributed by atoms with Crippen LogP contribution in [-0.2, 0) is 0 Å². The van der Waals surface area contributed by atoms with E-state index in [9.17, 15) is 14.3 Å². The molecular formula is C28H27FN4O2. The van der Waals surface area contributed by atoms with Gasteiger partial charge >= 0.3 is 0 Å². The second-order valence-corrected chi connectivity index (χ2v) is 9.13. The average Bonchev–Trinajstić information content (AvgIpc) is 2.84. The minimum Gasteiger partial charge on any atom is -0.494 e. The van der Waals surface area contributed by atoms with Crippen LogP contribution < -0.4 is 15.8 Å². The number of aliphatic imine (C=N–C) groups is 1. The predicted molar refractivity (Wildman–Crippen MR) is 140 cm³/mol. The first kappa shape index (κ1) is 22.8. The van der Waals surface area contributed by atoms with Crippen LogP contribution in [0, 0.1) is 5.82 Å². The highest BCUT2D eigenvalue weighted by molar-refractivity contribution is 6.03. The third kappa shape index (κ3) is 4.81. The summed E-state index contributed by atoms with van der Waals surface area (Å²) in [5.41, 5.74) is 3.52. The van der Waals surface area contributed by atoms with E-state index in [1.165, 1.54) is 12.1 Å². The van der Waals surface area contributed by atoms with Crippen molar-refractivity contribution in [1.29, 1.82) is 0 Å². The molecule has 6 nitrogen and oxygen atoms in total. The van der Waals surface area contributed by atoms with Gasteiger partial charge in [-0.15, -0.1) is 0 Å². The van der Waals surface area contributed by atoms with Crippen molar-refractivity contribution in [1.82, 2.24) is 10.3 Å². The summed E-state index contributed by atoms with van der Waals surface area (Å²) in [6.45, 7) is 6.26. The van der Waals surface area contributed by atoms with Crippen LogP contribution >= 0.6 is 0 Å². The molecule has 0 unspecified atom stereocenters. The summed E-state index contributed by atoms with van der Waals surface area (Å²) in [7, 11) is 0. The Morgan fingerprint density at radius 3 is 2.29 bits per heavy atom. The number of aromatic amines is 1. The Bertz CT molecular complexity index is 1440. The molecule has 0 spiro atoms. The van der Waals surface area contributed by atoms with Gasteiger partial charge in [0.1, 0.15) is 5.82 Å². The quantitative estimate of drug-likeness (QED) is 0.368.